The van der Waals surface area contributed by atoms with Crippen molar-refractivity contribution in [2.45, 2.75) is 53.0 Å². The lowest BCUT2D eigenvalue weighted by Gasteiger charge is -2.28. The number of carbonyl (C=O) groups is 1. The molecule has 0 spiro atoms. The molecule has 1 saturated carbocycles. The molecule has 1 aromatic heterocycles. The van der Waals surface area contributed by atoms with Crippen molar-refractivity contribution in [3.63, 3.8) is 0 Å². The first kappa shape index (κ1) is 22.6. The highest BCUT2D eigenvalue weighted by atomic mass is 16.1. The number of benzene rings is 2. The third-order valence-corrected chi connectivity index (χ3v) is 7.78. The summed E-state index contributed by atoms with van der Waals surface area (Å²) >= 11 is 0. The average Bonchev–Trinajstić information content (AvgIpc) is 3.45. The Hall–Kier alpha value is -3.14. The second-order valence-electron chi connectivity index (χ2n) is 9.94. The lowest BCUT2D eigenvalue weighted by molar-refractivity contribution is 0.0951. The summed E-state index contributed by atoms with van der Waals surface area (Å²) in [5.74, 6) is 1.63. The Morgan fingerprint density at radius 3 is 2.29 bits per heavy atom. The molecule has 2 heterocycles. The maximum atomic E-state index is 12.7. The van der Waals surface area contributed by atoms with Gasteiger partial charge in [-0.2, -0.15) is 0 Å². The zero-order valence-electron chi connectivity index (χ0n) is 20.6. The van der Waals surface area contributed by atoms with Crippen LogP contribution in [-0.4, -0.2) is 24.0 Å². The molecule has 0 bridgehead atoms. The zero-order valence-corrected chi connectivity index (χ0v) is 20.6. The van der Waals surface area contributed by atoms with E-state index in [1.165, 1.54) is 36.1 Å². The van der Waals surface area contributed by atoms with Gasteiger partial charge in [0.15, 0.2) is 0 Å². The normalized spacial score (nSPS) is 19.3. The number of aryl methyl sites for hydroxylation is 2. The minimum Gasteiger partial charge on any atom is -0.370 e. The predicted octanol–water partition coefficient (Wildman–Crippen LogP) is 6.09. The number of fused-ring (bicyclic) bond motifs is 1. The first-order valence-corrected chi connectivity index (χ1v) is 12.7. The molecule has 1 aliphatic heterocycles. The highest BCUT2D eigenvalue weighted by Crippen LogP contribution is 2.45. The molecule has 1 amide bonds. The van der Waals surface area contributed by atoms with Gasteiger partial charge in [-0.25, -0.2) is 0 Å². The lowest BCUT2D eigenvalue weighted by atomic mass is 9.95. The number of anilines is 1. The van der Waals surface area contributed by atoms with Gasteiger partial charge in [-0.15, -0.1) is 0 Å². The monoisotopic (exact) mass is 453 g/mol. The van der Waals surface area contributed by atoms with Crippen LogP contribution in [0.25, 0.3) is 11.1 Å². The minimum atomic E-state index is -0.0454. The number of carbonyl (C=O) groups excluding carboxylic acids is 1. The van der Waals surface area contributed by atoms with E-state index in [1.54, 1.807) is 0 Å². The summed E-state index contributed by atoms with van der Waals surface area (Å²) in [4.78, 5) is 20.3. The third-order valence-electron chi connectivity index (χ3n) is 7.78. The summed E-state index contributed by atoms with van der Waals surface area (Å²) in [5.41, 5.74) is 9.13. The van der Waals surface area contributed by atoms with Crippen molar-refractivity contribution in [1.82, 2.24) is 10.3 Å². The molecule has 1 N–H and O–H groups in total. The highest BCUT2D eigenvalue weighted by Gasteiger charge is 2.38. The Morgan fingerprint density at radius 2 is 1.65 bits per heavy atom. The van der Waals surface area contributed by atoms with Crippen LogP contribution in [-0.2, 0) is 13.0 Å². The molecule has 2 aliphatic rings. The fraction of sp³-hybridized carbons (Fsp3) is 0.400. The topological polar surface area (TPSA) is 45.2 Å². The molecule has 2 aromatic carbocycles. The van der Waals surface area contributed by atoms with Gasteiger partial charge in [-0.3, -0.25) is 9.78 Å². The molecule has 176 valence electrons. The molecule has 2 unspecified atom stereocenters. The van der Waals surface area contributed by atoms with E-state index >= 15 is 0 Å². The van der Waals surface area contributed by atoms with Crippen LogP contribution in [0.15, 0.2) is 54.6 Å². The number of aromatic nitrogens is 1. The Labute approximate surface area is 203 Å². The van der Waals surface area contributed by atoms with Crippen molar-refractivity contribution in [2.24, 2.45) is 11.8 Å². The quantitative estimate of drug-likeness (QED) is 0.491. The van der Waals surface area contributed by atoms with Crippen LogP contribution in [0, 0.1) is 25.7 Å². The summed E-state index contributed by atoms with van der Waals surface area (Å²) in [6, 6.07) is 18.1. The molecule has 4 heteroatoms. The molecule has 1 saturated heterocycles. The van der Waals surface area contributed by atoms with Crippen LogP contribution in [0.4, 0.5) is 5.69 Å². The summed E-state index contributed by atoms with van der Waals surface area (Å²) < 4.78 is 0. The number of rotatable bonds is 6. The first-order valence-electron chi connectivity index (χ1n) is 12.7. The largest absolute Gasteiger partial charge is 0.370 e. The Bertz CT molecular complexity index is 1160. The van der Waals surface area contributed by atoms with E-state index in [2.05, 4.69) is 43.1 Å². The molecule has 2 atom stereocenters. The van der Waals surface area contributed by atoms with E-state index in [9.17, 15) is 4.79 Å². The van der Waals surface area contributed by atoms with Crippen LogP contribution in [0.5, 0.6) is 0 Å². The van der Waals surface area contributed by atoms with E-state index in [1.807, 2.05) is 42.5 Å². The van der Waals surface area contributed by atoms with Crippen LogP contribution < -0.4 is 10.2 Å². The second-order valence-corrected chi connectivity index (χ2v) is 9.94. The molecule has 3 aromatic rings. The molecular formula is C30H35N3O. The van der Waals surface area contributed by atoms with E-state index in [-0.39, 0.29) is 5.91 Å². The fourth-order valence-corrected chi connectivity index (χ4v) is 6.07. The molecule has 5 rings (SSSR count). The summed E-state index contributed by atoms with van der Waals surface area (Å²) in [6.45, 7) is 9.37. The van der Waals surface area contributed by atoms with Crippen molar-refractivity contribution in [3.8, 4) is 11.1 Å². The van der Waals surface area contributed by atoms with Crippen LogP contribution in [0.1, 0.15) is 59.1 Å². The van der Waals surface area contributed by atoms with Crippen LogP contribution >= 0.6 is 0 Å². The summed E-state index contributed by atoms with van der Waals surface area (Å²) in [6.07, 6.45) is 5.10. The molecule has 1 aliphatic carbocycles. The summed E-state index contributed by atoms with van der Waals surface area (Å²) in [5, 5.41) is 3.03. The molecular weight excluding hydrogens is 418 g/mol. The van der Waals surface area contributed by atoms with Gasteiger partial charge in [0.2, 0.25) is 0 Å². The van der Waals surface area contributed by atoms with Gasteiger partial charge in [0.25, 0.3) is 5.91 Å². The number of nitrogens with one attached hydrogen (secondary N) is 1. The van der Waals surface area contributed by atoms with Crippen molar-refractivity contribution in [1.29, 1.82) is 0 Å². The molecule has 2 fully saturated rings. The van der Waals surface area contributed by atoms with Crippen LogP contribution in [0.2, 0.25) is 0 Å². The number of hydrogen-bond acceptors (Lipinski definition) is 3. The molecule has 0 radical (unpaired) electrons. The average molecular weight is 454 g/mol. The third kappa shape index (κ3) is 4.34. The molecule has 4 nitrogen and oxygen atoms in total. The fourth-order valence-electron chi connectivity index (χ4n) is 6.07. The van der Waals surface area contributed by atoms with Gasteiger partial charge in [-0.1, -0.05) is 55.8 Å². The predicted molar refractivity (Wildman–Crippen MR) is 139 cm³/mol. The van der Waals surface area contributed by atoms with Gasteiger partial charge in [0, 0.05) is 42.1 Å². The number of nitrogens with zero attached hydrogens (tertiary/aromatic N) is 2. The van der Waals surface area contributed by atoms with Crippen molar-refractivity contribution < 1.29 is 4.79 Å². The van der Waals surface area contributed by atoms with E-state index < -0.39 is 0 Å². The first-order chi connectivity index (χ1) is 16.5. The van der Waals surface area contributed by atoms with Gasteiger partial charge in [0.1, 0.15) is 0 Å². The SMILES string of the molecule is CCc1c(C)nc(C)c(-c2ccc(C(=O)NCc3ccccc3)cc2)c1N1CC2CCCC2C1. The maximum Gasteiger partial charge on any atom is 0.251 e. The van der Waals surface area contributed by atoms with Gasteiger partial charge >= 0.3 is 0 Å². The number of hydrogen-bond donors (Lipinski definition) is 1. The van der Waals surface area contributed by atoms with E-state index in [4.69, 9.17) is 4.98 Å². The van der Waals surface area contributed by atoms with Gasteiger partial charge in [-0.05, 0) is 73.8 Å². The van der Waals surface area contributed by atoms with E-state index in [0.29, 0.717) is 12.1 Å². The van der Waals surface area contributed by atoms with Crippen molar-refractivity contribution in [3.05, 3.63) is 82.7 Å². The smallest absolute Gasteiger partial charge is 0.251 e. The van der Waals surface area contributed by atoms with Gasteiger partial charge < -0.3 is 10.2 Å². The van der Waals surface area contributed by atoms with E-state index in [0.717, 1.165) is 53.9 Å². The zero-order chi connectivity index (χ0) is 23.7. The highest BCUT2D eigenvalue weighted by molar-refractivity contribution is 5.95. The van der Waals surface area contributed by atoms with Crippen molar-refractivity contribution >= 4 is 11.6 Å². The number of amides is 1. The molecule has 34 heavy (non-hydrogen) atoms. The van der Waals surface area contributed by atoms with Crippen LogP contribution in [0.3, 0.4) is 0 Å². The maximum absolute atomic E-state index is 12.7. The van der Waals surface area contributed by atoms with Gasteiger partial charge in [0.05, 0.1) is 5.69 Å². The Balaban J connectivity index is 1.43. The standard InChI is InChI=1S/C30H35N3O/c1-4-27-20(2)32-21(3)28(29(27)33-18-25-11-8-12-26(25)19-33)23-13-15-24(16-14-23)30(34)31-17-22-9-6-5-7-10-22/h5-7,9-10,13-16,25-26H,4,8,11-12,17-19H2,1-3H3,(H,31,34). The number of pyridine rings is 1. The summed E-state index contributed by atoms with van der Waals surface area (Å²) in [7, 11) is 0. The Kier molecular flexibility index (Phi) is 6.40. The van der Waals surface area contributed by atoms with Crippen molar-refractivity contribution in [2.75, 3.05) is 18.0 Å². The second kappa shape index (κ2) is 9.61. The lowest BCUT2D eigenvalue weighted by Crippen LogP contribution is -2.24. The minimum absolute atomic E-state index is 0.0454. The Morgan fingerprint density at radius 1 is 0.971 bits per heavy atom.